The summed E-state index contributed by atoms with van der Waals surface area (Å²) in [4.78, 5) is 0. The molecule has 2 aromatic carbocycles. The van der Waals surface area contributed by atoms with Crippen molar-refractivity contribution >= 4 is 0 Å². The van der Waals surface area contributed by atoms with Gasteiger partial charge in [-0.05, 0) is 35.9 Å². The van der Waals surface area contributed by atoms with Crippen molar-refractivity contribution in [2.45, 2.75) is 6.61 Å². The average molecular weight is 255 g/mol. The highest BCUT2D eigenvalue weighted by Crippen LogP contribution is 2.14. The molecule has 19 heavy (non-hydrogen) atoms. The van der Waals surface area contributed by atoms with Gasteiger partial charge in [0.1, 0.15) is 18.2 Å². The van der Waals surface area contributed by atoms with Crippen LogP contribution >= 0.6 is 0 Å². The Morgan fingerprint density at radius 1 is 1.11 bits per heavy atom. The van der Waals surface area contributed by atoms with E-state index in [0.29, 0.717) is 13.2 Å². The Balaban J connectivity index is 2.01. The number of hydrogen-bond acceptors (Lipinski definition) is 2. The van der Waals surface area contributed by atoms with Crippen LogP contribution in [0.15, 0.2) is 48.5 Å². The van der Waals surface area contributed by atoms with Crippen molar-refractivity contribution in [1.82, 2.24) is 0 Å². The molecule has 0 saturated heterocycles. The zero-order valence-corrected chi connectivity index (χ0v) is 10.4. The van der Waals surface area contributed by atoms with Gasteiger partial charge in [0.15, 0.2) is 0 Å². The first-order chi connectivity index (χ1) is 9.28. The molecule has 0 fully saturated rings. The highest BCUT2D eigenvalue weighted by Gasteiger charge is 1.97. The molecule has 2 aromatic rings. The van der Waals surface area contributed by atoms with Crippen molar-refractivity contribution < 1.29 is 9.13 Å². The molecule has 0 spiro atoms. The summed E-state index contributed by atoms with van der Waals surface area (Å²) in [5, 5.41) is 0. The lowest BCUT2D eigenvalue weighted by Crippen LogP contribution is -1.96. The minimum absolute atomic E-state index is 0.247. The monoisotopic (exact) mass is 255 g/mol. The summed E-state index contributed by atoms with van der Waals surface area (Å²) in [6.45, 7) is 0.731. The van der Waals surface area contributed by atoms with Gasteiger partial charge in [-0.2, -0.15) is 0 Å². The zero-order valence-electron chi connectivity index (χ0n) is 10.4. The molecule has 3 heteroatoms. The summed E-state index contributed by atoms with van der Waals surface area (Å²) in [6.07, 6.45) is 0. The van der Waals surface area contributed by atoms with E-state index >= 15 is 0 Å². The summed E-state index contributed by atoms with van der Waals surface area (Å²) in [5.74, 6) is 6.22. The van der Waals surface area contributed by atoms with E-state index in [1.807, 2.05) is 24.3 Å². The standard InChI is InChI=1S/C16H14FNO/c17-15-8-6-14(7-9-15)12-19-16-5-1-3-13(11-16)4-2-10-18/h1,3,5-9,11H,10,12,18H2. The second-order valence-electron chi connectivity index (χ2n) is 3.95. The number of ether oxygens (including phenoxy) is 1. The Hall–Kier alpha value is -2.31. The van der Waals surface area contributed by atoms with Crippen LogP contribution in [-0.2, 0) is 6.61 Å². The van der Waals surface area contributed by atoms with E-state index < -0.39 is 0 Å². The molecule has 0 radical (unpaired) electrons. The highest BCUT2D eigenvalue weighted by molar-refractivity contribution is 5.40. The van der Waals surface area contributed by atoms with Crippen LogP contribution < -0.4 is 10.5 Å². The molecule has 0 aliphatic carbocycles. The molecule has 2 N–H and O–H groups in total. The van der Waals surface area contributed by atoms with Crippen LogP contribution in [0.25, 0.3) is 0 Å². The summed E-state index contributed by atoms with van der Waals surface area (Å²) < 4.78 is 18.4. The number of hydrogen-bond donors (Lipinski definition) is 1. The Bertz CT molecular complexity index is 596. The maximum absolute atomic E-state index is 12.8. The van der Waals surface area contributed by atoms with E-state index in [2.05, 4.69) is 11.8 Å². The molecule has 0 atom stereocenters. The van der Waals surface area contributed by atoms with Crippen LogP contribution in [0, 0.1) is 17.7 Å². The van der Waals surface area contributed by atoms with E-state index in [9.17, 15) is 4.39 Å². The largest absolute Gasteiger partial charge is 0.489 e. The minimum atomic E-state index is -0.247. The lowest BCUT2D eigenvalue weighted by Gasteiger charge is -2.06. The quantitative estimate of drug-likeness (QED) is 0.856. The molecular formula is C16H14FNO. The topological polar surface area (TPSA) is 35.2 Å². The lowest BCUT2D eigenvalue weighted by atomic mass is 10.2. The summed E-state index contributed by atoms with van der Waals surface area (Å²) in [7, 11) is 0. The Morgan fingerprint density at radius 2 is 1.89 bits per heavy atom. The van der Waals surface area contributed by atoms with Crippen LogP contribution in [0.3, 0.4) is 0 Å². The van der Waals surface area contributed by atoms with Gasteiger partial charge in [-0.15, -0.1) is 0 Å². The molecule has 0 bridgehead atoms. The van der Waals surface area contributed by atoms with Crippen molar-refractivity contribution in [2.24, 2.45) is 5.73 Å². The molecule has 2 nitrogen and oxygen atoms in total. The highest BCUT2D eigenvalue weighted by atomic mass is 19.1. The molecule has 0 saturated carbocycles. The first-order valence-corrected chi connectivity index (χ1v) is 5.94. The van der Waals surface area contributed by atoms with E-state index in [1.54, 1.807) is 12.1 Å². The van der Waals surface area contributed by atoms with E-state index in [1.165, 1.54) is 12.1 Å². The first-order valence-electron chi connectivity index (χ1n) is 5.94. The molecule has 0 amide bonds. The van der Waals surface area contributed by atoms with Gasteiger partial charge >= 0.3 is 0 Å². The average Bonchev–Trinajstić information content (AvgIpc) is 2.45. The summed E-state index contributed by atoms with van der Waals surface area (Å²) in [6, 6.07) is 13.7. The maximum Gasteiger partial charge on any atom is 0.123 e. The third-order valence-corrected chi connectivity index (χ3v) is 2.49. The van der Waals surface area contributed by atoms with E-state index in [-0.39, 0.29) is 5.82 Å². The van der Waals surface area contributed by atoms with Gasteiger partial charge in [-0.3, -0.25) is 0 Å². The Kier molecular flexibility index (Phi) is 4.54. The normalized spacial score (nSPS) is 9.58. The fourth-order valence-corrected chi connectivity index (χ4v) is 1.56. The molecule has 0 unspecified atom stereocenters. The minimum Gasteiger partial charge on any atom is -0.489 e. The van der Waals surface area contributed by atoms with Gasteiger partial charge in [-0.25, -0.2) is 4.39 Å². The smallest absolute Gasteiger partial charge is 0.123 e. The summed E-state index contributed by atoms with van der Waals surface area (Å²) in [5.41, 5.74) is 7.11. The maximum atomic E-state index is 12.8. The fourth-order valence-electron chi connectivity index (χ4n) is 1.56. The van der Waals surface area contributed by atoms with Crippen LogP contribution in [0.1, 0.15) is 11.1 Å². The van der Waals surface area contributed by atoms with Crippen LogP contribution in [-0.4, -0.2) is 6.54 Å². The molecule has 0 heterocycles. The van der Waals surface area contributed by atoms with Gasteiger partial charge in [0.25, 0.3) is 0 Å². The number of benzene rings is 2. The van der Waals surface area contributed by atoms with Crippen molar-refractivity contribution in [3.05, 3.63) is 65.5 Å². The Morgan fingerprint density at radius 3 is 2.63 bits per heavy atom. The third-order valence-electron chi connectivity index (χ3n) is 2.49. The molecule has 0 aromatic heterocycles. The molecular weight excluding hydrogens is 241 g/mol. The van der Waals surface area contributed by atoms with Crippen molar-refractivity contribution in [3.8, 4) is 17.6 Å². The second-order valence-corrected chi connectivity index (χ2v) is 3.95. The SMILES string of the molecule is NCC#Cc1cccc(OCc2ccc(F)cc2)c1. The zero-order chi connectivity index (χ0) is 13.5. The lowest BCUT2D eigenvalue weighted by molar-refractivity contribution is 0.306. The van der Waals surface area contributed by atoms with Crippen molar-refractivity contribution in [3.63, 3.8) is 0 Å². The van der Waals surface area contributed by atoms with Crippen LogP contribution in [0.4, 0.5) is 4.39 Å². The predicted molar refractivity (Wildman–Crippen MR) is 73.1 cm³/mol. The van der Waals surface area contributed by atoms with Gasteiger partial charge in [0.05, 0.1) is 6.54 Å². The van der Waals surface area contributed by atoms with Gasteiger partial charge in [-0.1, -0.05) is 30.0 Å². The van der Waals surface area contributed by atoms with Gasteiger partial charge in [0.2, 0.25) is 0 Å². The first kappa shape index (κ1) is 13.1. The van der Waals surface area contributed by atoms with E-state index in [0.717, 1.165) is 16.9 Å². The van der Waals surface area contributed by atoms with Crippen LogP contribution in [0.2, 0.25) is 0 Å². The molecule has 2 rings (SSSR count). The molecule has 0 aliphatic rings. The van der Waals surface area contributed by atoms with Crippen LogP contribution in [0.5, 0.6) is 5.75 Å². The van der Waals surface area contributed by atoms with Crippen molar-refractivity contribution in [2.75, 3.05) is 6.54 Å². The molecule has 0 aliphatic heterocycles. The fraction of sp³-hybridized carbons (Fsp3) is 0.125. The molecule has 96 valence electrons. The Labute approximate surface area is 112 Å². The second kappa shape index (κ2) is 6.58. The van der Waals surface area contributed by atoms with Crippen molar-refractivity contribution in [1.29, 1.82) is 0 Å². The summed E-state index contributed by atoms with van der Waals surface area (Å²) >= 11 is 0. The van der Waals surface area contributed by atoms with E-state index in [4.69, 9.17) is 10.5 Å². The van der Waals surface area contributed by atoms with Gasteiger partial charge in [0, 0.05) is 5.56 Å². The number of halogens is 1. The third kappa shape index (κ3) is 4.13. The van der Waals surface area contributed by atoms with Gasteiger partial charge < -0.3 is 10.5 Å². The predicted octanol–water partition coefficient (Wildman–Crippen LogP) is 2.71. The number of nitrogens with two attached hydrogens (primary N) is 1. The number of rotatable bonds is 3.